The Morgan fingerprint density at radius 3 is 1.12 bits per heavy atom. The number of hydrogen-bond acceptors (Lipinski definition) is 4. The maximum absolute atomic E-state index is 8.93. The number of aliphatic carboxylic acids is 2. The molecule has 0 aliphatic carbocycles. The predicted octanol–water partition coefficient (Wildman–Crippen LogP) is -3.90. The maximum atomic E-state index is 8.93. The molecule has 0 N–H and O–H groups in total. The molecule has 4 nitrogen and oxygen atoms in total. The van der Waals surface area contributed by atoms with Crippen LogP contribution in [0.2, 0.25) is 0 Å². The van der Waals surface area contributed by atoms with E-state index in [0.717, 1.165) is 0 Å². The molecule has 0 bridgehead atoms. The van der Waals surface area contributed by atoms with Gasteiger partial charge in [0.25, 0.3) is 0 Å². The first-order chi connectivity index (χ1) is 2.64. The molecule has 0 saturated heterocycles. The van der Waals surface area contributed by atoms with E-state index in [1.807, 2.05) is 0 Å². The van der Waals surface area contributed by atoms with E-state index >= 15 is 0 Å². The van der Waals surface area contributed by atoms with Crippen molar-refractivity contribution in [2.45, 2.75) is 0 Å². The van der Waals surface area contributed by atoms with Gasteiger partial charge < -0.3 is 19.8 Å². The quantitative estimate of drug-likeness (QED) is 0.279. The van der Waals surface area contributed by atoms with E-state index < -0.39 is 11.9 Å². The van der Waals surface area contributed by atoms with Gasteiger partial charge in [-0.15, -0.1) is 0 Å². The van der Waals surface area contributed by atoms with Crippen LogP contribution in [-0.4, -0.2) is 49.7 Å². The van der Waals surface area contributed by atoms with E-state index in [9.17, 15) is 0 Å². The normalized spacial score (nSPS) is 5.50. The van der Waals surface area contributed by atoms with Gasteiger partial charge in [-0.25, -0.2) is 0 Å². The van der Waals surface area contributed by atoms with Crippen molar-refractivity contribution < 1.29 is 41.5 Å². The third-order valence-corrected chi connectivity index (χ3v) is 0.167. The van der Waals surface area contributed by atoms with Gasteiger partial charge in [0.15, 0.2) is 0 Å². The van der Waals surface area contributed by atoms with Crippen molar-refractivity contribution >= 4 is 49.7 Å². The summed E-state index contributed by atoms with van der Waals surface area (Å²) in [6, 6.07) is 0. The second-order valence-electron chi connectivity index (χ2n) is 0.575. The molecule has 0 aliphatic heterocycles. The zero-order valence-corrected chi connectivity index (χ0v) is 7.61. The Kier molecular flexibility index (Phi) is 15.8. The molecule has 8 heavy (non-hydrogen) atoms. The Bertz CT molecular complexity index is 80.0. The van der Waals surface area contributed by atoms with Gasteiger partial charge in [0.1, 0.15) is 0 Å². The average molecular weight is 176 g/mol. The van der Waals surface area contributed by atoms with Crippen LogP contribution in [-0.2, 0) is 31.3 Å². The predicted molar refractivity (Wildman–Crippen MR) is 15.8 cm³/mol. The fourth-order valence-corrected chi connectivity index (χ4v) is 0. The van der Waals surface area contributed by atoms with Crippen LogP contribution in [0.15, 0.2) is 0 Å². The summed E-state index contributed by atoms with van der Waals surface area (Å²) in [5.74, 6) is -4.37. The molecule has 0 radical (unpaired) electrons. The van der Waals surface area contributed by atoms with Crippen LogP contribution >= 0.6 is 0 Å². The summed E-state index contributed by atoms with van der Waals surface area (Å²) >= 11 is 0. The molecule has 0 spiro atoms. The molecule has 0 saturated carbocycles. The molecular weight excluding hydrogens is 176 g/mol. The van der Waals surface area contributed by atoms with E-state index in [-0.39, 0.29) is 59.5 Å². The van der Waals surface area contributed by atoms with Crippen LogP contribution in [0.25, 0.3) is 0 Å². The Morgan fingerprint density at radius 2 is 1.12 bits per heavy atom. The molecule has 0 heterocycles. The van der Waals surface area contributed by atoms with Gasteiger partial charge in [-0.05, 0) is 0 Å². The molecule has 0 amide bonds. The van der Waals surface area contributed by atoms with Crippen LogP contribution in [0.1, 0.15) is 0 Å². The minimum Gasteiger partial charge on any atom is -0.543 e. The van der Waals surface area contributed by atoms with Gasteiger partial charge in [-0.1, -0.05) is 0 Å². The van der Waals surface area contributed by atoms with E-state index in [2.05, 4.69) is 0 Å². The zero-order chi connectivity index (χ0) is 5.15. The number of hydrogen-bond donors (Lipinski definition) is 0. The van der Waals surface area contributed by atoms with E-state index in [0.29, 0.717) is 0 Å². The first kappa shape index (κ1) is 16.0. The second kappa shape index (κ2) is 7.91. The molecule has 0 fully saturated rings. The third-order valence-electron chi connectivity index (χ3n) is 0.167. The fraction of sp³-hybridized carbons (Fsp3) is 0. The molecule has 0 aromatic heterocycles. The first-order valence-electron chi connectivity index (χ1n) is 1.07. The second-order valence-corrected chi connectivity index (χ2v) is 0.575. The van der Waals surface area contributed by atoms with Gasteiger partial charge in [-0.2, -0.15) is 0 Å². The molecule has 0 aliphatic rings. The summed E-state index contributed by atoms with van der Waals surface area (Å²) in [6.45, 7) is 0. The molecule has 0 atom stereocenters. The Labute approximate surface area is 90.1 Å². The number of carboxylic acid groups (broad SMARTS) is 2. The Morgan fingerprint density at radius 1 is 1.00 bits per heavy atom. The summed E-state index contributed by atoms with van der Waals surface area (Å²) < 4.78 is 0. The van der Waals surface area contributed by atoms with Crippen molar-refractivity contribution in [1.82, 2.24) is 0 Å². The molecule has 0 aromatic carbocycles. The van der Waals surface area contributed by atoms with Crippen LogP contribution in [0.4, 0.5) is 0 Å². The monoisotopic (exact) mass is 176 g/mol. The van der Waals surface area contributed by atoms with E-state index in [1.54, 1.807) is 0 Å². The molecular formula is C2CaO4Ti+2. The standard InChI is InChI=1S/C2H2O4.Ca.Ti/c3-1(4)2(5)6;;/h(H,3,4)(H,5,6);;/q;2*+2/p-2. The minimum absolute atomic E-state index is 0. The molecule has 6 heteroatoms. The zero-order valence-electron chi connectivity index (χ0n) is 3.84. The number of rotatable bonds is 0. The summed E-state index contributed by atoms with van der Waals surface area (Å²) in [4.78, 5) is 17.9. The SMILES string of the molecule is O=C([O-])C(=O)[O-].[Ca+2].[Ti+2]. The van der Waals surface area contributed by atoms with E-state index in [1.165, 1.54) is 0 Å². The summed E-state index contributed by atoms with van der Waals surface area (Å²) in [5, 5.41) is 17.9. The molecule has 0 rings (SSSR count). The van der Waals surface area contributed by atoms with Crippen LogP contribution < -0.4 is 10.2 Å². The fourth-order valence-electron chi connectivity index (χ4n) is 0. The summed E-state index contributed by atoms with van der Waals surface area (Å²) in [7, 11) is 0. The third kappa shape index (κ3) is 10.0. The average Bonchev–Trinajstić information content (AvgIpc) is 1.36. The van der Waals surface area contributed by atoms with Crippen LogP contribution in [0, 0.1) is 0 Å². The molecule has 0 unspecified atom stereocenters. The molecule has 0 aromatic rings. The van der Waals surface area contributed by atoms with Gasteiger partial charge >= 0.3 is 59.5 Å². The van der Waals surface area contributed by atoms with Crippen LogP contribution in [0.3, 0.4) is 0 Å². The van der Waals surface area contributed by atoms with Gasteiger partial charge in [-0.3, -0.25) is 0 Å². The van der Waals surface area contributed by atoms with Crippen molar-refractivity contribution in [1.29, 1.82) is 0 Å². The van der Waals surface area contributed by atoms with Crippen molar-refractivity contribution in [3.63, 3.8) is 0 Å². The van der Waals surface area contributed by atoms with Crippen molar-refractivity contribution in [2.24, 2.45) is 0 Å². The number of carbonyl (C=O) groups excluding carboxylic acids is 2. The maximum Gasteiger partial charge on any atom is 2.00 e. The summed E-state index contributed by atoms with van der Waals surface area (Å²) in [5.41, 5.74) is 0. The smallest absolute Gasteiger partial charge is 0.543 e. The van der Waals surface area contributed by atoms with Crippen molar-refractivity contribution in [3.8, 4) is 0 Å². The summed E-state index contributed by atoms with van der Waals surface area (Å²) in [6.07, 6.45) is 0. The topological polar surface area (TPSA) is 80.3 Å². The van der Waals surface area contributed by atoms with Crippen molar-refractivity contribution in [2.75, 3.05) is 0 Å². The van der Waals surface area contributed by atoms with Gasteiger partial charge in [0, 0.05) is 0 Å². The number of carbonyl (C=O) groups is 2. The Balaban J connectivity index is -0.000000125. The number of carboxylic acids is 2. The largest absolute Gasteiger partial charge is 2.00 e. The van der Waals surface area contributed by atoms with E-state index in [4.69, 9.17) is 19.8 Å². The van der Waals surface area contributed by atoms with Gasteiger partial charge in [0.05, 0.1) is 11.9 Å². The first-order valence-corrected chi connectivity index (χ1v) is 1.07. The van der Waals surface area contributed by atoms with Gasteiger partial charge in [0.2, 0.25) is 0 Å². The van der Waals surface area contributed by atoms with Crippen LogP contribution in [0.5, 0.6) is 0 Å². The molecule has 36 valence electrons. The minimum atomic E-state index is -2.19. The van der Waals surface area contributed by atoms with Crippen molar-refractivity contribution in [3.05, 3.63) is 0 Å². The Hall–Kier alpha value is 0.914.